The Morgan fingerprint density at radius 2 is 2.17 bits per heavy atom. The van der Waals surface area contributed by atoms with Gasteiger partial charge in [-0.25, -0.2) is 4.79 Å². The van der Waals surface area contributed by atoms with Crippen LogP contribution in [0.15, 0.2) is 27.4 Å². The lowest BCUT2D eigenvalue weighted by Crippen LogP contribution is -2.01. The largest absolute Gasteiger partial charge is 0.492 e. The van der Waals surface area contributed by atoms with Crippen molar-refractivity contribution in [2.75, 3.05) is 13.2 Å². The molecule has 0 amide bonds. The third-order valence-corrected chi connectivity index (χ3v) is 2.86. The second-order valence-electron chi connectivity index (χ2n) is 3.95. The zero-order valence-corrected chi connectivity index (χ0v) is 10.7. The molecule has 0 atom stereocenters. The normalized spacial score (nSPS) is 10.8. The summed E-state index contributed by atoms with van der Waals surface area (Å²) >= 11 is 6.09. The highest BCUT2D eigenvalue weighted by atomic mass is 35.5. The van der Waals surface area contributed by atoms with Gasteiger partial charge < -0.3 is 14.3 Å². The molecule has 0 aliphatic heterocycles. The van der Waals surface area contributed by atoms with Crippen LogP contribution in [-0.2, 0) is 0 Å². The molecule has 5 heteroatoms. The fourth-order valence-corrected chi connectivity index (χ4v) is 1.90. The van der Waals surface area contributed by atoms with Gasteiger partial charge in [0.25, 0.3) is 0 Å². The number of hydrogen-bond donors (Lipinski definition) is 1. The maximum absolute atomic E-state index is 11.3. The van der Waals surface area contributed by atoms with Crippen LogP contribution in [0, 0.1) is 6.92 Å². The summed E-state index contributed by atoms with van der Waals surface area (Å²) in [5.74, 6) is 0.450. The molecule has 0 radical (unpaired) electrons. The standard InChI is InChI=1S/C13H13ClO4/c1-8-5-13(16)18-11-7-12(17-4-2-3-15)10(14)6-9(8)11/h5-7,15H,2-4H2,1H3. The molecule has 0 aliphatic rings. The molecule has 1 heterocycles. The van der Waals surface area contributed by atoms with Crippen LogP contribution in [0.2, 0.25) is 5.02 Å². The summed E-state index contributed by atoms with van der Waals surface area (Å²) < 4.78 is 10.5. The molecule has 1 aromatic carbocycles. The predicted molar refractivity (Wildman–Crippen MR) is 69.4 cm³/mol. The lowest BCUT2D eigenvalue weighted by Gasteiger charge is -2.09. The molecule has 1 N–H and O–H groups in total. The van der Waals surface area contributed by atoms with Gasteiger partial charge >= 0.3 is 5.63 Å². The van der Waals surface area contributed by atoms with Crippen molar-refractivity contribution in [1.29, 1.82) is 0 Å². The second-order valence-corrected chi connectivity index (χ2v) is 4.36. The van der Waals surface area contributed by atoms with Gasteiger partial charge in [0.15, 0.2) is 0 Å². The van der Waals surface area contributed by atoms with Gasteiger partial charge in [0, 0.05) is 30.5 Å². The first-order chi connectivity index (χ1) is 8.61. The Labute approximate surface area is 109 Å². The Balaban J connectivity index is 2.44. The third kappa shape index (κ3) is 2.66. The van der Waals surface area contributed by atoms with E-state index in [2.05, 4.69) is 0 Å². The van der Waals surface area contributed by atoms with Crippen molar-refractivity contribution in [2.24, 2.45) is 0 Å². The molecule has 96 valence electrons. The van der Waals surface area contributed by atoms with Crippen LogP contribution < -0.4 is 10.4 Å². The Morgan fingerprint density at radius 1 is 1.39 bits per heavy atom. The molecule has 0 spiro atoms. The fourth-order valence-electron chi connectivity index (χ4n) is 1.68. The molecule has 0 bridgehead atoms. The van der Waals surface area contributed by atoms with Gasteiger partial charge in [-0.2, -0.15) is 0 Å². The monoisotopic (exact) mass is 268 g/mol. The third-order valence-electron chi connectivity index (χ3n) is 2.56. The predicted octanol–water partition coefficient (Wildman–Crippen LogP) is 2.52. The number of halogens is 1. The van der Waals surface area contributed by atoms with Gasteiger partial charge in [-0.15, -0.1) is 0 Å². The highest BCUT2D eigenvalue weighted by molar-refractivity contribution is 6.32. The first kappa shape index (κ1) is 12.9. The first-order valence-electron chi connectivity index (χ1n) is 5.59. The van der Waals surface area contributed by atoms with Crippen molar-refractivity contribution in [1.82, 2.24) is 0 Å². The number of aryl methyl sites for hydroxylation is 1. The average molecular weight is 269 g/mol. The zero-order chi connectivity index (χ0) is 13.1. The lowest BCUT2D eigenvalue weighted by atomic mass is 10.1. The molecular weight excluding hydrogens is 256 g/mol. The van der Waals surface area contributed by atoms with Crippen molar-refractivity contribution < 1.29 is 14.3 Å². The van der Waals surface area contributed by atoms with E-state index in [0.717, 1.165) is 10.9 Å². The summed E-state index contributed by atoms with van der Waals surface area (Å²) in [6.45, 7) is 2.24. The molecule has 0 unspecified atom stereocenters. The minimum absolute atomic E-state index is 0.0550. The van der Waals surface area contributed by atoms with E-state index >= 15 is 0 Å². The summed E-state index contributed by atoms with van der Waals surface area (Å²) in [6, 6.07) is 4.73. The first-order valence-corrected chi connectivity index (χ1v) is 5.97. The Morgan fingerprint density at radius 3 is 2.89 bits per heavy atom. The Bertz CT molecular complexity index is 618. The van der Waals surface area contributed by atoms with Crippen LogP contribution in [-0.4, -0.2) is 18.3 Å². The molecule has 0 saturated heterocycles. The summed E-state index contributed by atoms with van der Waals surface area (Å²) in [4.78, 5) is 11.3. The van der Waals surface area contributed by atoms with Crippen molar-refractivity contribution in [3.63, 3.8) is 0 Å². The zero-order valence-electron chi connectivity index (χ0n) is 9.90. The summed E-state index contributed by atoms with van der Waals surface area (Å²) in [6.07, 6.45) is 0.520. The summed E-state index contributed by atoms with van der Waals surface area (Å²) in [7, 11) is 0. The van der Waals surface area contributed by atoms with E-state index in [0.29, 0.717) is 29.4 Å². The van der Waals surface area contributed by atoms with Crippen molar-refractivity contribution in [3.05, 3.63) is 39.2 Å². The van der Waals surface area contributed by atoms with Crippen molar-refractivity contribution in [3.8, 4) is 5.75 Å². The van der Waals surface area contributed by atoms with Gasteiger partial charge in [0.1, 0.15) is 11.3 Å². The Kier molecular flexibility index (Phi) is 3.89. The molecular formula is C13H13ClO4. The minimum atomic E-state index is -0.399. The molecule has 0 fully saturated rings. The number of aliphatic hydroxyl groups excluding tert-OH is 1. The van der Waals surface area contributed by atoms with E-state index in [-0.39, 0.29) is 6.61 Å². The molecule has 4 nitrogen and oxygen atoms in total. The smallest absolute Gasteiger partial charge is 0.336 e. The van der Waals surface area contributed by atoms with Crippen LogP contribution in [0.4, 0.5) is 0 Å². The number of benzene rings is 1. The average Bonchev–Trinajstić information content (AvgIpc) is 2.31. The summed E-state index contributed by atoms with van der Waals surface area (Å²) in [5, 5.41) is 9.93. The fraction of sp³-hybridized carbons (Fsp3) is 0.308. The number of aliphatic hydroxyl groups is 1. The number of ether oxygens (including phenoxy) is 1. The molecule has 1 aromatic heterocycles. The van der Waals surface area contributed by atoms with Gasteiger partial charge in [-0.05, 0) is 18.6 Å². The van der Waals surface area contributed by atoms with E-state index in [1.165, 1.54) is 6.07 Å². The molecule has 0 saturated carbocycles. The van der Waals surface area contributed by atoms with Crippen LogP contribution >= 0.6 is 11.6 Å². The number of rotatable bonds is 4. The van der Waals surface area contributed by atoms with E-state index in [1.54, 1.807) is 12.1 Å². The van der Waals surface area contributed by atoms with Crippen molar-refractivity contribution in [2.45, 2.75) is 13.3 Å². The SMILES string of the molecule is Cc1cc(=O)oc2cc(OCCCO)c(Cl)cc12. The van der Waals surface area contributed by atoms with Crippen LogP contribution in [0.25, 0.3) is 11.0 Å². The minimum Gasteiger partial charge on any atom is -0.492 e. The second kappa shape index (κ2) is 5.42. The molecule has 0 aliphatic carbocycles. The molecule has 2 aromatic rings. The summed E-state index contributed by atoms with van der Waals surface area (Å²) in [5.41, 5.74) is 0.858. The topological polar surface area (TPSA) is 59.7 Å². The van der Waals surface area contributed by atoms with Crippen LogP contribution in [0.5, 0.6) is 5.75 Å². The molecule has 18 heavy (non-hydrogen) atoms. The van der Waals surface area contributed by atoms with Crippen molar-refractivity contribution >= 4 is 22.6 Å². The van der Waals surface area contributed by atoms with E-state index in [9.17, 15) is 4.79 Å². The number of hydrogen-bond acceptors (Lipinski definition) is 4. The van der Waals surface area contributed by atoms with E-state index < -0.39 is 5.63 Å². The lowest BCUT2D eigenvalue weighted by molar-refractivity contribution is 0.233. The highest BCUT2D eigenvalue weighted by Crippen LogP contribution is 2.30. The molecule has 2 rings (SSSR count). The Hall–Kier alpha value is -1.52. The maximum Gasteiger partial charge on any atom is 0.336 e. The van der Waals surface area contributed by atoms with Gasteiger partial charge in [0.2, 0.25) is 0 Å². The number of fused-ring (bicyclic) bond motifs is 1. The maximum atomic E-state index is 11.3. The van der Waals surface area contributed by atoms with Gasteiger partial charge in [-0.1, -0.05) is 11.6 Å². The van der Waals surface area contributed by atoms with Crippen LogP contribution in [0.3, 0.4) is 0 Å². The van der Waals surface area contributed by atoms with E-state index in [1.807, 2.05) is 6.92 Å². The van der Waals surface area contributed by atoms with E-state index in [4.69, 9.17) is 25.9 Å². The van der Waals surface area contributed by atoms with Gasteiger partial charge in [-0.3, -0.25) is 0 Å². The highest BCUT2D eigenvalue weighted by Gasteiger charge is 2.08. The van der Waals surface area contributed by atoms with Gasteiger partial charge in [0.05, 0.1) is 11.6 Å². The van der Waals surface area contributed by atoms with Crippen LogP contribution in [0.1, 0.15) is 12.0 Å². The quantitative estimate of drug-likeness (QED) is 0.684.